The predicted molar refractivity (Wildman–Crippen MR) is 87.7 cm³/mol. The second kappa shape index (κ2) is 5.86. The molecule has 2 heterocycles. The lowest BCUT2D eigenvalue weighted by atomic mass is 10.2. The topological polar surface area (TPSA) is 78.4 Å². The summed E-state index contributed by atoms with van der Waals surface area (Å²) in [7, 11) is 1.49. The van der Waals surface area contributed by atoms with Gasteiger partial charge in [0.15, 0.2) is 11.3 Å². The molecule has 0 aliphatic rings. The molecule has 7 heteroatoms. The third-order valence-corrected chi connectivity index (χ3v) is 3.67. The number of methoxy groups -OCH3 is 1. The predicted octanol–water partition coefficient (Wildman–Crippen LogP) is 3.66. The molecular formula is C18H11FN2O4. The Labute approximate surface area is 140 Å². The maximum atomic E-state index is 13.3. The Hall–Kier alpha value is -3.48. The van der Waals surface area contributed by atoms with Gasteiger partial charge in [-0.2, -0.15) is 0 Å². The van der Waals surface area contributed by atoms with E-state index in [0.29, 0.717) is 22.3 Å². The lowest BCUT2D eigenvalue weighted by molar-refractivity contribution is 0.406. The number of halogens is 1. The van der Waals surface area contributed by atoms with Crippen molar-refractivity contribution in [2.24, 2.45) is 0 Å². The minimum absolute atomic E-state index is 0.00210. The second-order valence-corrected chi connectivity index (χ2v) is 5.25. The van der Waals surface area contributed by atoms with Gasteiger partial charge < -0.3 is 13.6 Å². The van der Waals surface area contributed by atoms with Crippen LogP contribution in [0.4, 0.5) is 4.39 Å². The minimum atomic E-state index is -0.633. The van der Waals surface area contributed by atoms with Gasteiger partial charge in [-0.15, -0.1) is 10.2 Å². The van der Waals surface area contributed by atoms with Crippen molar-refractivity contribution in [2.75, 3.05) is 7.11 Å². The van der Waals surface area contributed by atoms with Gasteiger partial charge in [-0.25, -0.2) is 9.18 Å². The quantitative estimate of drug-likeness (QED) is 0.531. The maximum Gasteiger partial charge on any atom is 0.349 e. The maximum absolute atomic E-state index is 13.3. The summed E-state index contributed by atoms with van der Waals surface area (Å²) in [4.78, 5) is 12.3. The molecule has 0 radical (unpaired) electrons. The van der Waals surface area contributed by atoms with Crippen LogP contribution in [0.1, 0.15) is 0 Å². The molecule has 0 aliphatic carbocycles. The molecule has 0 N–H and O–H groups in total. The molecule has 2 aromatic heterocycles. The van der Waals surface area contributed by atoms with Crippen molar-refractivity contribution in [3.8, 4) is 28.7 Å². The summed E-state index contributed by atoms with van der Waals surface area (Å²) in [6.07, 6.45) is 0. The second-order valence-electron chi connectivity index (χ2n) is 5.25. The van der Waals surface area contributed by atoms with Crippen LogP contribution < -0.4 is 10.4 Å². The van der Waals surface area contributed by atoms with E-state index in [2.05, 4.69) is 10.2 Å². The number of hydrogen-bond donors (Lipinski definition) is 0. The molecule has 0 bridgehead atoms. The fourth-order valence-corrected chi connectivity index (χ4v) is 2.50. The van der Waals surface area contributed by atoms with Crippen molar-refractivity contribution in [2.45, 2.75) is 0 Å². The lowest BCUT2D eigenvalue weighted by Crippen LogP contribution is -2.03. The van der Waals surface area contributed by atoms with Crippen LogP contribution in [0, 0.1) is 5.82 Å². The van der Waals surface area contributed by atoms with Crippen molar-refractivity contribution in [1.82, 2.24) is 10.2 Å². The first-order chi connectivity index (χ1) is 12.2. The van der Waals surface area contributed by atoms with Crippen LogP contribution in [0.5, 0.6) is 5.75 Å². The molecule has 0 spiro atoms. The highest BCUT2D eigenvalue weighted by molar-refractivity contribution is 5.85. The van der Waals surface area contributed by atoms with Gasteiger partial charge in [0.05, 0.1) is 7.11 Å². The number of rotatable bonds is 3. The molecular weight excluding hydrogens is 327 g/mol. The monoisotopic (exact) mass is 338 g/mol. The first-order valence-electron chi connectivity index (χ1n) is 7.36. The average Bonchev–Trinajstić information content (AvgIpc) is 3.10. The number of fused-ring (bicyclic) bond motifs is 1. The van der Waals surface area contributed by atoms with Crippen LogP contribution in [0.3, 0.4) is 0 Å². The van der Waals surface area contributed by atoms with E-state index in [4.69, 9.17) is 13.6 Å². The zero-order valence-corrected chi connectivity index (χ0v) is 13.0. The van der Waals surface area contributed by atoms with Gasteiger partial charge in [-0.1, -0.05) is 18.2 Å². The normalized spacial score (nSPS) is 11.0. The average molecular weight is 338 g/mol. The van der Waals surface area contributed by atoms with E-state index in [0.717, 1.165) is 0 Å². The summed E-state index contributed by atoms with van der Waals surface area (Å²) in [5.41, 5.74) is 0.247. The van der Waals surface area contributed by atoms with Crippen molar-refractivity contribution in [1.29, 1.82) is 0 Å². The molecule has 0 atom stereocenters. The first kappa shape index (κ1) is 15.1. The molecule has 0 fully saturated rings. The third-order valence-electron chi connectivity index (χ3n) is 3.67. The molecule has 25 heavy (non-hydrogen) atoms. The molecule has 4 rings (SSSR count). The van der Waals surface area contributed by atoms with Gasteiger partial charge in [-0.05, 0) is 30.3 Å². The molecule has 0 unspecified atom stereocenters. The SMILES string of the molecule is COc1cccc2cc(-c3nnc(-c4cccc(F)c4)o3)c(=O)oc12. The van der Waals surface area contributed by atoms with Crippen molar-refractivity contribution >= 4 is 11.0 Å². The number of hydrogen-bond acceptors (Lipinski definition) is 6. The summed E-state index contributed by atoms with van der Waals surface area (Å²) in [6.45, 7) is 0. The minimum Gasteiger partial charge on any atom is -0.493 e. The van der Waals surface area contributed by atoms with Crippen LogP contribution >= 0.6 is 0 Å². The summed E-state index contributed by atoms with van der Waals surface area (Å²) in [5.74, 6) is 0.138. The fraction of sp³-hybridized carbons (Fsp3) is 0.0556. The van der Waals surface area contributed by atoms with Gasteiger partial charge in [0, 0.05) is 10.9 Å². The van der Waals surface area contributed by atoms with Crippen LogP contribution in [-0.4, -0.2) is 17.3 Å². The number of nitrogens with zero attached hydrogens (tertiary/aromatic N) is 2. The van der Waals surface area contributed by atoms with Crippen molar-refractivity contribution in [3.05, 3.63) is 64.8 Å². The van der Waals surface area contributed by atoms with E-state index in [-0.39, 0.29) is 17.3 Å². The van der Waals surface area contributed by atoms with Gasteiger partial charge in [0.2, 0.25) is 5.89 Å². The van der Waals surface area contributed by atoms with Crippen LogP contribution in [0.2, 0.25) is 0 Å². The van der Waals surface area contributed by atoms with Crippen LogP contribution in [-0.2, 0) is 0 Å². The zero-order valence-electron chi connectivity index (χ0n) is 13.0. The Morgan fingerprint density at radius 1 is 1.00 bits per heavy atom. The van der Waals surface area contributed by atoms with Gasteiger partial charge in [0.25, 0.3) is 5.89 Å². The van der Waals surface area contributed by atoms with Crippen LogP contribution in [0.15, 0.2) is 62.2 Å². The van der Waals surface area contributed by atoms with Gasteiger partial charge >= 0.3 is 5.63 Å². The standard InChI is InChI=1S/C18H11FN2O4/c1-23-14-7-3-4-10-9-13(18(22)24-15(10)14)17-21-20-16(25-17)11-5-2-6-12(19)8-11/h2-9H,1H3. The lowest BCUT2D eigenvalue weighted by Gasteiger charge is -2.03. The van der Waals surface area contributed by atoms with Crippen LogP contribution in [0.25, 0.3) is 33.9 Å². The van der Waals surface area contributed by atoms with Gasteiger partial charge in [-0.3, -0.25) is 0 Å². The summed E-state index contributed by atoms with van der Waals surface area (Å²) in [6, 6.07) is 12.6. The number of para-hydroxylation sites is 1. The zero-order chi connectivity index (χ0) is 17.4. The molecule has 4 aromatic rings. The largest absolute Gasteiger partial charge is 0.493 e. The summed E-state index contributed by atoms with van der Waals surface area (Å²) < 4.78 is 29.4. The molecule has 0 saturated carbocycles. The molecule has 0 saturated heterocycles. The molecule has 2 aromatic carbocycles. The summed E-state index contributed by atoms with van der Waals surface area (Å²) in [5, 5.41) is 8.39. The highest BCUT2D eigenvalue weighted by Crippen LogP contribution is 2.28. The molecule has 6 nitrogen and oxygen atoms in total. The van der Waals surface area contributed by atoms with Gasteiger partial charge in [0.1, 0.15) is 11.4 Å². The third kappa shape index (κ3) is 2.65. The Morgan fingerprint density at radius 3 is 2.60 bits per heavy atom. The van der Waals surface area contributed by atoms with E-state index in [9.17, 15) is 9.18 Å². The van der Waals surface area contributed by atoms with E-state index in [1.54, 1.807) is 30.3 Å². The van der Waals surface area contributed by atoms with E-state index >= 15 is 0 Å². The Morgan fingerprint density at radius 2 is 1.80 bits per heavy atom. The smallest absolute Gasteiger partial charge is 0.349 e. The number of aromatic nitrogens is 2. The van der Waals surface area contributed by atoms with Crippen molar-refractivity contribution < 1.29 is 18.0 Å². The Balaban J connectivity index is 1.83. The summed E-state index contributed by atoms with van der Waals surface area (Å²) >= 11 is 0. The highest BCUT2D eigenvalue weighted by Gasteiger charge is 2.17. The Bertz CT molecular complexity index is 1130. The van der Waals surface area contributed by atoms with Crippen molar-refractivity contribution in [3.63, 3.8) is 0 Å². The van der Waals surface area contributed by atoms with E-state index in [1.165, 1.54) is 25.3 Å². The highest BCUT2D eigenvalue weighted by atomic mass is 19.1. The number of benzene rings is 2. The number of ether oxygens (including phenoxy) is 1. The fourth-order valence-electron chi connectivity index (χ4n) is 2.50. The Kier molecular flexibility index (Phi) is 3.53. The van der Waals surface area contributed by atoms with E-state index < -0.39 is 11.4 Å². The first-order valence-corrected chi connectivity index (χ1v) is 7.36. The van der Waals surface area contributed by atoms with E-state index in [1.807, 2.05) is 0 Å². The molecule has 0 amide bonds. The molecule has 0 aliphatic heterocycles. The molecule has 124 valence electrons.